The third-order valence-corrected chi connectivity index (χ3v) is 5.09. The Morgan fingerprint density at radius 1 is 1.22 bits per heavy atom. The van der Waals surface area contributed by atoms with Gasteiger partial charge in [0.05, 0.1) is 18.3 Å². The molecule has 1 amide bonds. The lowest BCUT2D eigenvalue weighted by Gasteiger charge is -2.33. The van der Waals surface area contributed by atoms with Gasteiger partial charge in [-0.2, -0.15) is 0 Å². The molecule has 1 aliphatic heterocycles. The summed E-state index contributed by atoms with van der Waals surface area (Å²) < 4.78 is 12.9. The average molecular weight is 371 g/mol. The van der Waals surface area contributed by atoms with E-state index < -0.39 is 6.10 Å². The van der Waals surface area contributed by atoms with Crippen molar-refractivity contribution >= 4 is 5.91 Å². The summed E-state index contributed by atoms with van der Waals surface area (Å²) in [4.78, 5) is 18.5. The highest BCUT2D eigenvalue weighted by molar-refractivity contribution is 5.78. The number of likely N-dealkylation sites (tertiary alicyclic amines) is 1. The molecule has 5 nitrogen and oxygen atoms in total. The molecule has 1 aliphatic rings. The molecule has 0 aliphatic carbocycles. The quantitative estimate of drug-likeness (QED) is 0.784. The molecule has 2 heterocycles. The summed E-state index contributed by atoms with van der Waals surface area (Å²) in [5, 5.41) is 13.4. The lowest BCUT2D eigenvalue weighted by Crippen LogP contribution is -2.42. The van der Waals surface area contributed by atoms with Gasteiger partial charge >= 0.3 is 0 Å². The summed E-state index contributed by atoms with van der Waals surface area (Å²) in [6.45, 7) is 2.50. The average Bonchev–Trinajstić information content (AvgIpc) is 2.70. The minimum atomic E-state index is -0.544. The molecular formula is C21H26FN3O2. The molecule has 1 unspecified atom stereocenters. The van der Waals surface area contributed by atoms with Crippen molar-refractivity contribution in [3.8, 4) is 0 Å². The van der Waals surface area contributed by atoms with Crippen LogP contribution in [0.3, 0.4) is 0 Å². The van der Waals surface area contributed by atoms with Gasteiger partial charge < -0.3 is 10.4 Å². The largest absolute Gasteiger partial charge is 0.387 e. The van der Waals surface area contributed by atoms with E-state index in [0.717, 1.165) is 37.2 Å². The Labute approximate surface area is 159 Å². The van der Waals surface area contributed by atoms with Crippen LogP contribution in [0.15, 0.2) is 48.7 Å². The zero-order chi connectivity index (χ0) is 19.1. The number of nitrogens with one attached hydrogen (secondary N) is 1. The van der Waals surface area contributed by atoms with E-state index in [0.29, 0.717) is 19.5 Å². The van der Waals surface area contributed by atoms with Crippen molar-refractivity contribution in [3.05, 3.63) is 65.7 Å². The second-order valence-corrected chi connectivity index (χ2v) is 7.04. The molecule has 0 radical (unpaired) electrons. The van der Waals surface area contributed by atoms with E-state index in [1.807, 2.05) is 18.2 Å². The summed E-state index contributed by atoms with van der Waals surface area (Å²) in [5.41, 5.74) is 1.72. The summed E-state index contributed by atoms with van der Waals surface area (Å²) in [5.74, 6) is -0.0714. The normalized spacial score (nSPS) is 16.8. The van der Waals surface area contributed by atoms with Crippen LogP contribution in [-0.4, -0.2) is 47.1 Å². The van der Waals surface area contributed by atoms with Crippen molar-refractivity contribution in [1.29, 1.82) is 0 Å². The fraction of sp³-hybridized carbons (Fsp3) is 0.429. The number of amides is 1. The number of piperidine rings is 1. The predicted molar refractivity (Wildman–Crippen MR) is 101 cm³/mol. The van der Waals surface area contributed by atoms with E-state index in [1.54, 1.807) is 18.3 Å². The Kier molecular flexibility index (Phi) is 6.90. The minimum Gasteiger partial charge on any atom is -0.387 e. The molecule has 2 aromatic rings. The van der Waals surface area contributed by atoms with Crippen LogP contribution >= 0.6 is 0 Å². The van der Waals surface area contributed by atoms with Crippen LogP contribution in [0.5, 0.6) is 0 Å². The zero-order valence-corrected chi connectivity index (χ0v) is 15.4. The van der Waals surface area contributed by atoms with E-state index in [2.05, 4.69) is 15.2 Å². The maximum atomic E-state index is 12.9. The summed E-state index contributed by atoms with van der Waals surface area (Å²) in [6.07, 6.45) is 3.54. The highest BCUT2D eigenvalue weighted by Gasteiger charge is 2.27. The van der Waals surface area contributed by atoms with Gasteiger partial charge in [0.2, 0.25) is 5.91 Å². The molecule has 1 aromatic carbocycles. The molecular weight excluding hydrogens is 345 g/mol. The summed E-state index contributed by atoms with van der Waals surface area (Å²) >= 11 is 0. The first-order valence-electron chi connectivity index (χ1n) is 9.44. The first-order chi connectivity index (χ1) is 13.1. The number of carbonyl (C=O) groups is 1. The fourth-order valence-corrected chi connectivity index (χ4v) is 3.48. The van der Waals surface area contributed by atoms with Crippen LogP contribution in [-0.2, 0) is 11.2 Å². The van der Waals surface area contributed by atoms with Crippen molar-refractivity contribution < 1.29 is 14.3 Å². The molecule has 6 heteroatoms. The van der Waals surface area contributed by atoms with Crippen molar-refractivity contribution in [2.45, 2.75) is 25.4 Å². The molecule has 3 rings (SSSR count). The predicted octanol–water partition coefficient (Wildman–Crippen LogP) is 2.33. The van der Waals surface area contributed by atoms with E-state index in [9.17, 15) is 14.3 Å². The Hall–Kier alpha value is -2.31. The number of aliphatic hydroxyl groups is 1. The number of rotatable bonds is 7. The number of carbonyl (C=O) groups excluding carboxylic acids is 1. The van der Waals surface area contributed by atoms with Crippen LogP contribution in [0.1, 0.15) is 30.2 Å². The molecule has 27 heavy (non-hydrogen) atoms. The van der Waals surface area contributed by atoms with Crippen molar-refractivity contribution in [2.24, 2.45) is 5.92 Å². The van der Waals surface area contributed by atoms with E-state index in [1.165, 1.54) is 12.1 Å². The number of halogens is 1. The van der Waals surface area contributed by atoms with Gasteiger partial charge in [-0.15, -0.1) is 0 Å². The fourth-order valence-electron chi connectivity index (χ4n) is 3.48. The lowest BCUT2D eigenvalue weighted by molar-refractivity contribution is -0.122. The Morgan fingerprint density at radius 3 is 2.63 bits per heavy atom. The van der Waals surface area contributed by atoms with Gasteiger partial charge in [0.1, 0.15) is 5.82 Å². The Morgan fingerprint density at radius 2 is 1.96 bits per heavy atom. The van der Waals surface area contributed by atoms with Gasteiger partial charge in [-0.25, -0.2) is 4.39 Å². The van der Waals surface area contributed by atoms with Crippen LogP contribution in [0.25, 0.3) is 0 Å². The number of pyridine rings is 1. The van der Waals surface area contributed by atoms with Crippen molar-refractivity contribution in [1.82, 2.24) is 15.2 Å². The lowest BCUT2D eigenvalue weighted by atomic mass is 9.89. The summed E-state index contributed by atoms with van der Waals surface area (Å²) in [7, 11) is 0. The van der Waals surface area contributed by atoms with Crippen LogP contribution in [0, 0.1) is 11.7 Å². The van der Waals surface area contributed by atoms with Crippen molar-refractivity contribution in [2.75, 3.05) is 26.2 Å². The van der Waals surface area contributed by atoms with Crippen LogP contribution in [0.4, 0.5) is 4.39 Å². The highest BCUT2D eigenvalue weighted by atomic mass is 19.1. The third kappa shape index (κ3) is 5.84. The van der Waals surface area contributed by atoms with Gasteiger partial charge in [0.15, 0.2) is 0 Å². The van der Waals surface area contributed by atoms with Crippen LogP contribution in [0.2, 0.25) is 0 Å². The Balaban J connectivity index is 1.36. The van der Waals surface area contributed by atoms with Gasteiger partial charge in [-0.05, 0) is 68.1 Å². The van der Waals surface area contributed by atoms with Gasteiger partial charge in [-0.3, -0.25) is 14.7 Å². The second kappa shape index (κ2) is 9.58. The number of benzene rings is 1. The maximum Gasteiger partial charge on any atom is 0.234 e. The first kappa shape index (κ1) is 19.5. The first-order valence-corrected chi connectivity index (χ1v) is 9.44. The minimum absolute atomic E-state index is 0.000774. The van der Waals surface area contributed by atoms with Gasteiger partial charge in [0, 0.05) is 12.7 Å². The molecule has 1 saturated heterocycles. The third-order valence-electron chi connectivity index (χ3n) is 5.09. The molecule has 0 saturated carbocycles. The second-order valence-electron chi connectivity index (χ2n) is 7.04. The van der Waals surface area contributed by atoms with E-state index >= 15 is 0 Å². The maximum absolute atomic E-state index is 12.9. The monoisotopic (exact) mass is 371 g/mol. The van der Waals surface area contributed by atoms with Crippen molar-refractivity contribution in [3.63, 3.8) is 0 Å². The molecule has 2 N–H and O–H groups in total. The Bertz CT molecular complexity index is 716. The topological polar surface area (TPSA) is 65.5 Å². The SMILES string of the molecule is O=C(CN1CCC(C(O)c2ccccn2)CC1)NCCc1ccc(F)cc1. The molecule has 144 valence electrons. The molecule has 0 spiro atoms. The zero-order valence-electron chi connectivity index (χ0n) is 15.4. The molecule has 0 bridgehead atoms. The van der Waals surface area contributed by atoms with E-state index in [4.69, 9.17) is 0 Å². The van der Waals surface area contributed by atoms with Gasteiger partial charge in [-0.1, -0.05) is 18.2 Å². The smallest absolute Gasteiger partial charge is 0.234 e. The number of aromatic nitrogens is 1. The molecule has 1 aromatic heterocycles. The number of hydrogen-bond donors (Lipinski definition) is 2. The number of hydrogen-bond acceptors (Lipinski definition) is 4. The van der Waals surface area contributed by atoms with Gasteiger partial charge in [0.25, 0.3) is 0 Å². The molecule has 1 atom stereocenters. The van der Waals surface area contributed by atoms with Crippen LogP contribution < -0.4 is 5.32 Å². The summed E-state index contributed by atoms with van der Waals surface area (Å²) in [6, 6.07) is 11.9. The highest BCUT2D eigenvalue weighted by Crippen LogP contribution is 2.29. The number of aliphatic hydroxyl groups excluding tert-OH is 1. The van der Waals surface area contributed by atoms with E-state index in [-0.39, 0.29) is 17.6 Å². The standard InChI is InChI=1S/C21H26FN3O2/c22-18-6-4-16(5-7-18)8-12-24-20(26)15-25-13-9-17(10-14-25)21(27)19-3-1-2-11-23-19/h1-7,11,17,21,27H,8-10,12-15H2,(H,24,26). The molecule has 1 fully saturated rings. The number of nitrogens with zero attached hydrogens (tertiary/aromatic N) is 2.